The van der Waals surface area contributed by atoms with Crippen molar-refractivity contribution in [2.75, 3.05) is 5.32 Å². The first kappa shape index (κ1) is 15.5. The lowest BCUT2D eigenvalue weighted by molar-refractivity contribution is -0.116. The number of carbonyl (C=O) groups is 2. The summed E-state index contributed by atoms with van der Waals surface area (Å²) in [5.74, 6) is -0.791. The molecule has 5 nitrogen and oxygen atoms in total. The number of primary amides is 1. The maximum absolute atomic E-state index is 13.1. The Morgan fingerprint density at radius 1 is 1.09 bits per heavy atom. The molecule has 0 spiro atoms. The van der Waals surface area contributed by atoms with Crippen molar-refractivity contribution in [2.24, 2.45) is 5.73 Å². The van der Waals surface area contributed by atoms with Crippen LogP contribution in [0.15, 0.2) is 54.6 Å². The number of amides is 3. The molecule has 4 N–H and O–H groups in total. The van der Waals surface area contributed by atoms with Gasteiger partial charge in [-0.1, -0.05) is 36.4 Å². The molecule has 3 amide bonds. The number of nitrogens with one attached hydrogen (secondary N) is 2. The largest absolute Gasteiger partial charge is 0.352 e. The van der Waals surface area contributed by atoms with Gasteiger partial charge in [0.25, 0.3) is 0 Å². The molecular formula is C16H16FN3O2. The van der Waals surface area contributed by atoms with Gasteiger partial charge in [0.15, 0.2) is 0 Å². The molecule has 2 aromatic carbocycles. The average Bonchev–Trinajstić information content (AvgIpc) is 2.47. The Balaban J connectivity index is 2.06. The van der Waals surface area contributed by atoms with Gasteiger partial charge in [-0.25, -0.2) is 9.18 Å². The summed E-state index contributed by atoms with van der Waals surface area (Å²) in [6.07, 6.45) is -0.0104. The van der Waals surface area contributed by atoms with Gasteiger partial charge in [0.2, 0.25) is 5.91 Å². The van der Waals surface area contributed by atoms with Crippen LogP contribution in [0.3, 0.4) is 0 Å². The number of urea groups is 1. The Hall–Kier alpha value is -2.89. The van der Waals surface area contributed by atoms with Gasteiger partial charge in [-0.3, -0.25) is 4.79 Å². The molecule has 2 rings (SSSR count). The quantitative estimate of drug-likeness (QED) is 0.793. The highest BCUT2D eigenvalue weighted by molar-refractivity contribution is 5.91. The number of hydrogen-bond acceptors (Lipinski definition) is 2. The number of halogens is 1. The molecule has 114 valence electrons. The summed E-state index contributed by atoms with van der Waals surface area (Å²) in [7, 11) is 0. The summed E-state index contributed by atoms with van der Waals surface area (Å²) in [5, 5.41) is 5.11. The molecule has 1 unspecified atom stereocenters. The van der Waals surface area contributed by atoms with Crippen LogP contribution in [0, 0.1) is 5.82 Å². The molecule has 0 aliphatic rings. The highest BCUT2D eigenvalue weighted by Crippen LogP contribution is 2.18. The van der Waals surface area contributed by atoms with Crippen molar-refractivity contribution in [1.82, 2.24) is 5.32 Å². The van der Waals surface area contributed by atoms with E-state index in [1.807, 2.05) is 6.07 Å². The molecule has 0 bridgehead atoms. The van der Waals surface area contributed by atoms with Gasteiger partial charge in [0.05, 0.1) is 12.5 Å². The number of hydrogen-bond donors (Lipinski definition) is 3. The van der Waals surface area contributed by atoms with Crippen LogP contribution >= 0.6 is 0 Å². The van der Waals surface area contributed by atoms with Gasteiger partial charge in [-0.15, -0.1) is 0 Å². The van der Waals surface area contributed by atoms with E-state index in [1.165, 1.54) is 18.2 Å². The fourth-order valence-electron chi connectivity index (χ4n) is 2.07. The number of carbonyl (C=O) groups excluding carboxylic acids is 2. The van der Waals surface area contributed by atoms with Crippen molar-refractivity contribution >= 4 is 17.6 Å². The lowest BCUT2D eigenvalue weighted by atomic mass is 10.0. The third kappa shape index (κ3) is 4.59. The smallest absolute Gasteiger partial charge is 0.312 e. The molecule has 0 heterocycles. The second-order valence-corrected chi connectivity index (χ2v) is 4.73. The molecule has 0 radical (unpaired) electrons. The Kier molecular flexibility index (Phi) is 5.08. The van der Waals surface area contributed by atoms with Crippen molar-refractivity contribution in [1.29, 1.82) is 0 Å². The Bertz CT molecular complexity index is 661. The summed E-state index contributed by atoms with van der Waals surface area (Å²) in [6, 6.07) is 13.3. The second kappa shape index (κ2) is 7.21. The van der Waals surface area contributed by atoms with E-state index in [4.69, 9.17) is 5.73 Å². The molecule has 0 aliphatic heterocycles. The van der Waals surface area contributed by atoms with E-state index in [9.17, 15) is 14.0 Å². The highest BCUT2D eigenvalue weighted by Gasteiger charge is 2.17. The van der Waals surface area contributed by atoms with Gasteiger partial charge in [0, 0.05) is 5.69 Å². The van der Waals surface area contributed by atoms with Crippen molar-refractivity contribution in [3.63, 3.8) is 0 Å². The lowest BCUT2D eigenvalue weighted by Crippen LogP contribution is -2.35. The lowest BCUT2D eigenvalue weighted by Gasteiger charge is -2.17. The minimum absolute atomic E-state index is 0.0104. The molecule has 6 heteroatoms. The van der Waals surface area contributed by atoms with Crippen LogP contribution in [0.4, 0.5) is 14.9 Å². The fourth-order valence-corrected chi connectivity index (χ4v) is 2.07. The van der Waals surface area contributed by atoms with Crippen LogP contribution in [-0.2, 0) is 4.79 Å². The number of benzene rings is 2. The van der Waals surface area contributed by atoms with E-state index in [-0.39, 0.29) is 12.3 Å². The predicted octanol–water partition coefficient (Wildman–Crippen LogP) is 2.56. The molecular weight excluding hydrogens is 285 g/mol. The van der Waals surface area contributed by atoms with Crippen LogP contribution in [0.5, 0.6) is 0 Å². The monoisotopic (exact) mass is 301 g/mol. The zero-order valence-electron chi connectivity index (χ0n) is 11.8. The molecule has 0 aromatic heterocycles. The zero-order valence-corrected chi connectivity index (χ0v) is 11.8. The normalized spacial score (nSPS) is 11.5. The SMILES string of the molecule is NC(=O)NC(CC(=O)Nc1cccc(F)c1)c1ccccc1. The first-order valence-corrected chi connectivity index (χ1v) is 6.71. The Morgan fingerprint density at radius 2 is 1.82 bits per heavy atom. The molecule has 2 aromatic rings. The molecule has 0 fully saturated rings. The van der Waals surface area contributed by atoms with Crippen LogP contribution < -0.4 is 16.4 Å². The minimum atomic E-state index is -0.715. The van der Waals surface area contributed by atoms with Gasteiger partial charge >= 0.3 is 6.03 Å². The number of anilines is 1. The van der Waals surface area contributed by atoms with Crippen molar-refractivity contribution in [3.8, 4) is 0 Å². The van der Waals surface area contributed by atoms with E-state index in [0.717, 1.165) is 5.56 Å². The first-order chi connectivity index (χ1) is 10.5. The van der Waals surface area contributed by atoms with Gasteiger partial charge < -0.3 is 16.4 Å². The van der Waals surface area contributed by atoms with Crippen molar-refractivity contribution in [2.45, 2.75) is 12.5 Å². The first-order valence-electron chi connectivity index (χ1n) is 6.71. The van der Waals surface area contributed by atoms with E-state index in [0.29, 0.717) is 5.69 Å². The molecule has 0 saturated heterocycles. The Morgan fingerprint density at radius 3 is 2.45 bits per heavy atom. The maximum atomic E-state index is 13.1. The van der Waals surface area contributed by atoms with Crippen molar-refractivity contribution < 1.29 is 14.0 Å². The molecule has 0 saturated carbocycles. The minimum Gasteiger partial charge on any atom is -0.352 e. The standard InChI is InChI=1S/C16H16FN3O2/c17-12-7-4-8-13(9-12)19-15(21)10-14(20-16(18)22)11-5-2-1-3-6-11/h1-9,14H,10H2,(H,19,21)(H3,18,20,22). The van der Waals surface area contributed by atoms with E-state index in [2.05, 4.69) is 10.6 Å². The van der Waals surface area contributed by atoms with Gasteiger partial charge in [0.1, 0.15) is 5.82 Å². The van der Waals surface area contributed by atoms with Gasteiger partial charge in [-0.05, 0) is 23.8 Å². The maximum Gasteiger partial charge on any atom is 0.312 e. The summed E-state index contributed by atoms with van der Waals surface area (Å²) < 4.78 is 13.1. The summed E-state index contributed by atoms with van der Waals surface area (Å²) in [6.45, 7) is 0. The average molecular weight is 301 g/mol. The molecule has 0 aliphatic carbocycles. The fraction of sp³-hybridized carbons (Fsp3) is 0.125. The number of nitrogens with two attached hydrogens (primary N) is 1. The van der Waals surface area contributed by atoms with E-state index in [1.54, 1.807) is 30.3 Å². The summed E-state index contributed by atoms with van der Waals surface area (Å²) in [4.78, 5) is 23.2. The third-order valence-corrected chi connectivity index (χ3v) is 3.02. The van der Waals surface area contributed by atoms with E-state index >= 15 is 0 Å². The van der Waals surface area contributed by atoms with Crippen LogP contribution in [0.25, 0.3) is 0 Å². The Labute approximate surface area is 127 Å². The van der Waals surface area contributed by atoms with Gasteiger partial charge in [-0.2, -0.15) is 0 Å². The summed E-state index contributed by atoms with van der Waals surface area (Å²) >= 11 is 0. The highest BCUT2D eigenvalue weighted by atomic mass is 19.1. The van der Waals surface area contributed by atoms with Crippen LogP contribution in [-0.4, -0.2) is 11.9 Å². The molecule has 22 heavy (non-hydrogen) atoms. The van der Waals surface area contributed by atoms with Crippen LogP contribution in [0.2, 0.25) is 0 Å². The second-order valence-electron chi connectivity index (χ2n) is 4.73. The van der Waals surface area contributed by atoms with Crippen LogP contribution in [0.1, 0.15) is 18.0 Å². The predicted molar refractivity (Wildman–Crippen MR) is 81.5 cm³/mol. The van der Waals surface area contributed by atoms with Crippen molar-refractivity contribution in [3.05, 3.63) is 66.0 Å². The topological polar surface area (TPSA) is 84.2 Å². The number of rotatable bonds is 5. The zero-order chi connectivity index (χ0) is 15.9. The molecule has 1 atom stereocenters. The van der Waals surface area contributed by atoms with E-state index < -0.39 is 17.9 Å². The third-order valence-electron chi connectivity index (χ3n) is 3.02. The summed E-state index contributed by atoms with van der Waals surface area (Å²) in [5.41, 5.74) is 6.26.